The molecule has 0 unspecified atom stereocenters. The van der Waals surface area contributed by atoms with Gasteiger partial charge < -0.3 is 9.47 Å². The molecule has 6 heteroatoms. The zero-order chi connectivity index (χ0) is 9.35. The fourth-order valence-corrected chi connectivity index (χ4v) is 1.78. The molecule has 0 saturated carbocycles. The maximum atomic E-state index is 11.0. The van der Waals surface area contributed by atoms with Gasteiger partial charge >= 0.3 is 11.2 Å². The van der Waals surface area contributed by atoms with Crippen LogP contribution in [0.25, 0.3) is 0 Å². The lowest BCUT2D eigenvalue weighted by atomic mass is 10.6. The van der Waals surface area contributed by atoms with E-state index in [0.717, 1.165) is 16.7 Å². The minimum absolute atomic E-state index is 0.568. The lowest BCUT2D eigenvalue weighted by Crippen LogP contribution is -2.44. The molecule has 0 N–H and O–H groups in total. The predicted molar refractivity (Wildman–Crippen MR) is 42.1 cm³/mol. The highest BCUT2D eigenvalue weighted by molar-refractivity contribution is 8.16. The Bertz CT molecular complexity index is 226. The maximum absolute atomic E-state index is 11.0. The first-order valence-corrected chi connectivity index (χ1v) is 4.00. The van der Waals surface area contributed by atoms with Crippen LogP contribution < -0.4 is 0 Å². The molecule has 0 aliphatic carbocycles. The fraction of sp³-hybridized carbons (Fsp3) is 0.667. The van der Waals surface area contributed by atoms with Gasteiger partial charge in [-0.2, -0.15) is 0 Å². The Kier molecular flexibility index (Phi) is 2.41. The summed E-state index contributed by atoms with van der Waals surface area (Å²) < 4.78 is 9.85. The van der Waals surface area contributed by atoms with E-state index in [0.29, 0.717) is 0 Å². The summed E-state index contributed by atoms with van der Waals surface area (Å²) in [5.74, 6) is -0.608. The quantitative estimate of drug-likeness (QED) is 0.440. The third-order valence-electron chi connectivity index (χ3n) is 1.63. The lowest BCUT2D eigenvalue weighted by molar-refractivity contribution is -0.213. The van der Waals surface area contributed by atoms with Crippen LogP contribution in [0.1, 0.15) is 0 Å². The van der Waals surface area contributed by atoms with Crippen LogP contribution in [0.2, 0.25) is 0 Å². The second-order valence-corrected chi connectivity index (χ2v) is 3.28. The van der Waals surface area contributed by atoms with Gasteiger partial charge in [-0.15, -0.1) is 0 Å². The van der Waals surface area contributed by atoms with Crippen molar-refractivity contribution in [2.75, 3.05) is 21.3 Å². The van der Waals surface area contributed by atoms with E-state index >= 15 is 0 Å². The molecule has 12 heavy (non-hydrogen) atoms. The van der Waals surface area contributed by atoms with Gasteiger partial charge in [0, 0.05) is 33.0 Å². The van der Waals surface area contributed by atoms with E-state index in [1.165, 1.54) is 21.3 Å². The molecular weight excluding hydrogens is 182 g/mol. The molecule has 1 heterocycles. The van der Waals surface area contributed by atoms with Gasteiger partial charge in [0.15, 0.2) is 0 Å². The Morgan fingerprint density at radius 1 is 1.33 bits per heavy atom. The lowest BCUT2D eigenvalue weighted by Gasteiger charge is -2.29. The molecule has 0 aromatic heterocycles. The van der Waals surface area contributed by atoms with Crippen LogP contribution >= 0.6 is 11.8 Å². The second-order valence-electron chi connectivity index (χ2n) is 2.19. The first-order chi connectivity index (χ1) is 5.57. The molecule has 1 amide bonds. The molecule has 1 aliphatic rings. The molecule has 0 bridgehead atoms. The van der Waals surface area contributed by atoms with Crippen LogP contribution in [0.4, 0.5) is 0 Å². The number of nitrogens with zero attached hydrogens (tertiary/aromatic N) is 1. The number of thioether (sulfide) groups is 1. The summed E-state index contributed by atoms with van der Waals surface area (Å²) in [7, 11) is 4.20. The molecule has 1 rings (SSSR count). The first-order valence-electron chi connectivity index (χ1n) is 3.19. The minimum Gasteiger partial charge on any atom is -0.327 e. The van der Waals surface area contributed by atoms with Crippen molar-refractivity contribution < 1.29 is 19.1 Å². The summed E-state index contributed by atoms with van der Waals surface area (Å²) in [6.45, 7) is 0. The average molecular weight is 191 g/mol. The van der Waals surface area contributed by atoms with E-state index in [4.69, 9.17) is 9.47 Å². The predicted octanol–water partition coefficient (Wildman–Crippen LogP) is -0.378. The number of carbonyl (C=O) groups is 2. The highest BCUT2D eigenvalue weighted by Crippen LogP contribution is 2.37. The van der Waals surface area contributed by atoms with E-state index < -0.39 is 16.3 Å². The molecule has 5 nitrogen and oxygen atoms in total. The molecule has 0 atom stereocenters. The Morgan fingerprint density at radius 3 is 2.00 bits per heavy atom. The van der Waals surface area contributed by atoms with Crippen molar-refractivity contribution in [3.8, 4) is 0 Å². The number of hydrogen-bond acceptors (Lipinski definition) is 5. The third-order valence-corrected chi connectivity index (χ3v) is 2.85. The van der Waals surface area contributed by atoms with E-state index in [9.17, 15) is 9.59 Å². The van der Waals surface area contributed by atoms with Gasteiger partial charge in [0.2, 0.25) is 0 Å². The van der Waals surface area contributed by atoms with Crippen LogP contribution in [0.3, 0.4) is 0 Å². The van der Waals surface area contributed by atoms with E-state index in [1.54, 1.807) is 0 Å². The van der Waals surface area contributed by atoms with E-state index in [-0.39, 0.29) is 0 Å². The smallest absolute Gasteiger partial charge is 0.314 e. The molecular formula is C6H9NO4S. The number of ether oxygens (including phenoxy) is 2. The number of hydrogen-bond donors (Lipinski definition) is 0. The Morgan fingerprint density at radius 2 is 1.83 bits per heavy atom. The Labute approximate surface area is 74.0 Å². The highest BCUT2D eigenvalue weighted by atomic mass is 32.2. The van der Waals surface area contributed by atoms with Crippen molar-refractivity contribution in [2.45, 2.75) is 5.24 Å². The molecule has 0 aromatic rings. The number of amides is 1. The number of methoxy groups -OCH3 is 2. The second kappa shape index (κ2) is 3.04. The van der Waals surface area contributed by atoms with Crippen molar-refractivity contribution in [1.82, 2.24) is 4.90 Å². The fourth-order valence-electron chi connectivity index (χ4n) is 0.931. The van der Waals surface area contributed by atoms with Gasteiger partial charge in [-0.1, -0.05) is 0 Å². The molecule has 0 spiro atoms. The summed E-state index contributed by atoms with van der Waals surface area (Å²) in [5.41, 5.74) is 0. The van der Waals surface area contributed by atoms with Crippen LogP contribution in [0, 0.1) is 0 Å². The SMILES string of the molecule is COC1(OC)SC(=O)C(=O)N1C. The zero-order valence-electron chi connectivity index (χ0n) is 6.99. The molecule has 1 fully saturated rings. The number of rotatable bonds is 2. The van der Waals surface area contributed by atoms with Crippen molar-refractivity contribution in [2.24, 2.45) is 0 Å². The molecule has 0 aromatic carbocycles. The Hall–Kier alpha value is -0.590. The monoisotopic (exact) mass is 191 g/mol. The summed E-state index contributed by atoms with van der Waals surface area (Å²) >= 11 is 0.722. The largest absolute Gasteiger partial charge is 0.327 e. The normalized spacial score (nSPS) is 22.1. The van der Waals surface area contributed by atoms with Gasteiger partial charge in [0.25, 0.3) is 5.12 Å². The highest BCUT2D eigenvalue weighted by Gasteiger charge is 2.51. The number of likely N-dealkylation sites (N-methyl/N-ethyl adjacent to an activating group) is 1. The van der Waals surface area contributed by atoms with Crippen molar-refractivity contribution in [3.05, 3.63) is 0 Å². The topological polar surface area (TPSA) is 55.8 Å². The molecule has 68 valence electrons. The van der Waals surface area contributed by atoms with Crippen LogP contribution in [-0.2, 0) is 19.1 Å². The van der Waals surface area contributed by atoms with Gasteiger partial charge in [-0.25, -0.2) is 0 Å². The van der Waals surface area contributed by atoms with E-state index in [2.05, 4.69) is 0 Å². The van der Waals surface area contributed by atoms with Gasteiger partial charge in [-0.05, 0) is 0 Å². The zero-order valence-corrected chi connectivity index (χ0v) is 7.80. The summed E-state index contributed by atoms with van der Waals surface area (Å²) in [6.07, 6.45) is 0. The van der Waals surface area contributed by atoms with Crippen LogP contribution in [0.15, 0.2) is 0 Å². The molecule has 0 radical (unpaired) electrons. The molecule has 1 saturated heterocycles. The van der Waals surface area contributed by atoms with Gasteiger partial charge in [-0.3, -0.25) is 14.5 Å². The van der Waals surface area contributed by atoms with Gasteiger partial charge in [0.1, 0.15) is 0 Å². The minimum atomic E-state index is -1.27. The Balaban J connectivity index is 2.94. The van der Waals surface area contributed by atoms with Crippen molar-refractivity contribution >= 4 is 22.8 Å². The third kappa shape index (κ3) is 1.12. The van der Waals surface area contributed by atoms with Crippen molar-refractivity contribution in [3.63, 3.8) is 0 Å². The summed E-state index contributed by atoms with van der Waals surface area (Å²) in [6, 6.07) is 0. The summed E-state index contributed by atoms with van der Waals surface area (Å²) in [4.78, 5) is 23.1. The summed E-state index contributed by atoms with van der Waals surface area (Å²) in [5, 5.41) is -1.84. The molecule has 1 aliphatic heterocycles. The van der Waals surface area contributed by atoms with Gasteiger partial charge in [0.05, 0.1) is 0 Å². The standard InChI is InChI=1S/C6H9NO4S/c1-7-4(8)5(9)12-6(7,10-2)11-3/h1-3H3. The van der Waals surface area contributed by atoms with Crippen LogP contribution in [0.5, 0.6) is 0 Å². The first kappa shape index (κ1) is 9.50. The van der Waals surface area contributed by atoms with E-state index in [1.807, 2.05) is 0 Å². The number of carbonyl (C=O) groups excluding carboxylic acids is 2. The van der Waals surface area contributed by atoms with Crippen molar-refractivity contribution in [1.29, 1.82) is 0 Å². The average Bonchev–Trinajstić information content (AvgIpc) is 2.30. The van der Waals surface area contributed by atoms with Crippen LogP contribution in [-0.4, -0.2) is 42.4 Å². The maximum Gasteiger partial charge on any atom is 0.314 e.